The number of rotatable bonds is 8. The number of hydrogen-bond donors (Lipinski definition) is 2. The third-order valence-corrected chi connectivity index (χ3v) is 7.62. The quantitative estimate of drug-likeness (QED) is 0.198. The van der Waals surface area contributed by atoms with E-state index in [9.17, 15) is 0 Å². The second-order valence-corrected chi connectivity index (χ2v) is 9.82. The summed E-state index contributed by atoms with van der Waals surface area (Å²) in [6, 6.07) is 64.9. The van der Waals surface area contributed by atoms with Gasteiger partial charge in [0, 0.05) is 0 Å². The Hall–Kier alpha value is -4.76. The Bertz CT molecular complexity index is 1270. The van der Waals surface area contributed by atoms with Gasteiger partial charge in [-0.3, -0.25) is 5.32 Å². The van der Waals surface area contributed by atoms with Gasteiger partial charge in [-0.25, -0.2) is 0 Å². The summed E-state index contributed by atoms with van der Waals surface area (Å²) < 4.78 is 0. The fraction of sp³-hybridized carbons (Fsp3) is 0.0526. The smallest absolute Gasteiger partial charge is 0.0959 e. The minimum Gasteiger partial charge on any atom is -0.344 e. The molecule has 0 saturated carbocycles. The Kier molecular flexibility index (Phi) is 8.02. The van der Waals surface area contributed by atoms with Gasteiger partial charge in [-0.1, -0.05) is 182 Å². The lowest BCUT2D eigenvalue weighted by Crippen LogP contribution is -2.57. The Morgan fingerprint density at radius 2 is 0.400 bits per heavy atom. The maximum absolute atomic E-state index is 4.38. The third kappa shape index (κ3) is 4.76. The molecule has 0 aliphatic carbocycles. The zero-order valence-electron chi connectivity index (χ0n) is 22.5. The van der Waals surface area contributed by atoms with E-state index < -0.39 is 11.1 Å². The highest BCUT2D eigenvalue weighted by Crippen LogP contribution is 2.45. The van der Waals surface area contributed by atoms with Crippen molar-refractivity contribution in [1.82, 2.24) is 11.5 Å². The van der Waals surface area contributed by atoms with Crippen LogP contribution in [0.5, 0.6) is 0 Å². The molecule has 6 aromatic rings. The molecule has 40 heavy (non-hydrogen) atoms. The van der Waals surface area contributed by atoms with Gasteiger partial charge < -0.3 is 6.15 Å². The van der Waals surface area contributed by atoms with Gasteiger partial charge >= 0.3 is 0 Å². The predicted octanol–water partition coefficient (Wildman–Crippen LogP) is 8.72. The lowest BCUT2D eigenvalue weighted by Gasteiger charge is -2.47. The molecule has 2 heteroatoms. The first-order valence-corrected chi connectivity index (χ1v) is 13.5. The molecule has 0 radical (unpaired) electrons. The Balaban J connectivity index is 0.00000323. The van der Waals surface area contributed by atoms with Crippen LogP contribution in [0.25, 0.3) is 0 Å². The fourth-order valence-electron chi connectivity index (χ4n) is 5.84. The average molecular weight is 519 g/mol. The summed E-state index contributed by atoms with van der Waals surface area (Å²) in [5, 5.41) is 4.38. The zero-order chi connectivity index (χ0) is 26.4. The Morgan fingerprint density at radius 1 is 0.250 bits per heavy atom. The summed E-state index contributed by atoms with van der Waals surface area (Å²) in [6.45, 7) is 0. The lowest BCUT2D eigenvalue weighted by molar-refractivity contribution is 0.354. The highest BCUT2D eigenvalue weighted by atomic mass is 15.1. The van der Waals surface area contributed by atoms with Gasteiger partial charge in [0.05, 0.1) is 11.1 Å². The van der Waals surface area contributed by atoms with Crippen LogP contribution in [-0.2, 0) is 11.1 Å². The molecule has 196 valence electrons. The van der Waals surface area contributed by atoms with E-state index in [0.29, 0.717) is 0 Å². The SMILES string of the molecule is N.c1ccc(C(NC(c2ccccc2)(c2ccccc2)c2ccccc2)(c2ccccc2)c2ccccc2)cc1. The monoisotopic (exact) mass is 518 g/mol. The molecule has 0 heterocycles. The van der Waals surface area contributed by atoms with Crippen LogP contribution < -0.4 is 11.5 Å². The summed E-state index contributed by atoms with van der Waals surface area (Å²) in [5.41, 5.74) is 5.70. The molecule has 4 N–H and O–H groups in total. The van der Waals surface area contributed by atoms with Crippen molar-refractivity contribution >= 4 is 0 Å². The number of nitrogens with one attached hydrogen (secondary N) is 1. The first-order chi connectivity index (χ1) is 19.3. The number of hydrogen-bond acceptors (Lipinski definition) is 2. The van der Waals surface area contributed by atoms with E-state index in [1.54, 1.807) is 0 Å². The van der Waals surface area contributed by atoms with Crippen molar-refractivity contribution in [3.8, 4) is 0 Å². The van der Waals surface area contributed by atoms with E-state index in [0.717, 1.165) is 0 Å². The predicted molar refractivity (Wildman–Crippen MR) is 167 cm³/mol. The van der Waals surface area contributed by atoms with Crippen LogP contribution in [0.1, 0.15) is 33.4 Å². The number of benzene rings is 6. The minimum absolute atomic E-state index is 0. The lowest BCUT2D eigenvalue weighted by atomic mass is 9.70. The molecular formula is C38H34N2. The van der Waals surface area contributed by atoms with Crippen molar-refractivity contribution < 1.29 is 0 Å². The van der Waals surface area contributed by atoms with Crippen LogP contribution in [0, 0.1) is 0 Å². The molecule has 6 aromatic carbocycles. The largest absolute Gasteiger partial charge is 0.344 e. The van der Waals surface area contributed by atoms with Crippen molar-refractivity contribution in [3.05, 3.63) is 215 Å². The molecular weight excluding hydrogens is 484 g/mol. The molecule has 0 amide bonds. The maximum Gasteiger partial charge on any atom is 0.0959 e. The zero-order valence-corrected chi connectivity index (χ0v) is 22.5. The fourth-order valence-corrected chi connectivity index (χ4v) is 5.84. The first-order valence-electron chi connectivity index (χ1n) is 13.5. The summed E-state index contributed by atoms with van der Waals surface area (Å²) in [7, 11) is 0. The third-order valence-electron chi connectivity index (χ3n) is 7.62. The minimum atomic E-state index is -0.675. The molecule has 0 atom stereocenters. The van der Waals surface area contributed by atoms with Gasteiger partial charge in [0.15, 0.2) is 0 Å². The van der Waals surface area contributed by atoms with E-state index in [1.165, 1.54) is 33.4 Å². The average Bonchev–Trinajstić information content (AvgIpc) is 3.04. The molecule has 0 bridgehead atoms. The van der Waals surface area contributed by atoms with Crippen molar-refractivity contribution in [2.45, 2.75) is 11.1 Å². The standard InChI is InChI=1S/C38H31N.H3N/c1-7-19-31(20-8-1)37(32-21-9-2-10-22-32,33-23-11-3-12-24-33)39-38(34-25-13-4-14-26-34,35-27-15-5-16-28-35)36-29-17-6-18-30-36;/h1-30,39H;1H3. The Labute approximate surface area is 237 Å². The molecule has 0 aliphatic rings. The van der Waals surface area contributed by atoms with Gasteiger partial charge in [0.25, 0.3) is 0 Å². The second-order valence-electron chi connectivity index (χ2n) is 9.82. The Morgan fingerprint density at radius 3 is 0.550 bits per heavy atom. The van der Waals surface area contributed by atoms with E-state index in [1.807, 2.05) is 0 Å². The van der Waals surface area contributed by atoms with Crippen LogP contribution in [-0.4, -0.2) is 0 Å². The molecule has 0 aliphatic heterocycles. The molecule has 0 aromatic heterocycles. The van der Waals surface area contributed by atoms with Crippen molar-refractivity contribution in [2.24, 2.45) is 0 Å². The van der Waals surface area contributed by atoms with Gasteiger partial charge in [0.1, 0.15) is 0 Å². The topological polar surface area (TPSA) is 47.0 Å². The van der Waals surface area contributed by atoms with E-state index in [2.05, 4.69) is 187 Å². The van der Waals surface area contributed by atoms with Crippen LogP contribution in [0.4, 0.5) is 0 Å². The molecule has 2 nitrogen and oxygen atoms in total. The van der Waals surface area contributed by atoms with Gasteiger partial charge in [-0.2, -0.15) is 0 Å². The molecule has 6 rings (SSSR count). The van der Waals surface area contributed by atoms with E-state index in [4.69, 9.17) is 0 Å². The summed E-state index contributed by atoms with van der Waals surface area (Å²) in [6.07, 6.45) is 0. The highest BCUT2D eigenvalue weighted by Gasteiger charge is 2.46. The van der Waals surface area contributed by atoms with Gasteiger partial charge in [-0.05, 0) is 33.4 Å². The van der Waals surface area contributed by atoms with E-state index >= 15 is 0 Å². The summed E-state index contributed by atoms with van der Waals surface area (Å²) in [5.74, 6) is 0. The normalized spacial score (nSPS) is 11.4. The maximum atomic E-state index is 4.38. The van der Waals surface area contributed by atoms with Crippen LogP contribution >= 0.6 is 0 Å². The molecule has 0 unspecified atom stereocenters. The summed E-state index contributed by atoms with van der Waals surface area (Å²) >= 11 is 0. The van der Waals surface area contributed by atoms with Gasteiger partial charge in [0.2, 0.25) is 0 Å². The molecule has 0 spiro atoms. The second kappa shape index (κ2) is 12.0. The van der Waals surface area contributed by atoms with Crippen LogP contribution in [0.2, 0.25) is 0 Å². The molecule has 0 saturated heterocycles. The van der Waals surface area contributed by atoms with Crippen LogP contribution in [0.15, 0.2) is 182 Å². The van der Waals surface area contributed by atoms with Crippen molar-refractivity contribution in [1.29, 1.82) is 0 Å². The van der Waals surface area contributed by atoms with Crippen LogP contribution in [0.3, 0.4) is 0 Å². The van der Waals surface area contributed by atoms with Gasteiger partial charge in [-0.15, -0.1) is 0 Å². The summed E-state index contributed by atoms with van der Waals surface area (Å²) in [4.78, 5) is 0. The van der Waals surface area contributed by atoms with E-state index in [-0.39, 0.29) is 6.15 Å². The van der Waals surface area contributed by atoms with Crippen molar-refractivity contribution in [2.75, 3.05) is 0 Å². The van der Waals surface area contributed by atoms with Crippen molar-refractivity contribution in [3.63, 3.8) is 0 Å². The molecule has 0 fully saturated rings. The highest BCUT2D eigenvalue weighted by molar-refractivity contribution is 5.56. The first kappa shape index (κ1) is 26.8.